The molecule has 7 heavy (non-hydrogen) atoms. The molecule has 0 amide bonds. The summed E-state index contributed by atoms with van der Waals surface area (Å²) >= 11 is 11.6. The SMILES string of the molecule is CS(=N)I.ClCCl. The van der Waals surface area contributed by atoms with Crippen molar-refractivity contribution in [1.29, 1.82) is 4.78 Å². The summed E-state index contributed by atoms with van der Waals surface area (Å²) in [5.41, 5.74) is 0. The van der Waals surface area contributed by atoms with Crippen LogP contribution in [0.1, 0.15) is 0 Å². The third kappa shape index (κ3) is 104. The van der Waals surface area contributed by atoms with Crippen LogP contribution in [0.25, 0.3) is 0 Å². The minimum Gasteiger partial charge on any atom is -0.271 e. The minimum absolute atomic E-state index is 0.141. The van der Waals surface area contributed by atoms with E-state index in [2.05, 4.69) is 0 Å². The molecule has 0 fully saturated rings. The molecule has 0 aromatic carbocycles. The van der Waals surface area contributed by atoms with Gasteiger partial charge in [-0.25, -0.2) is 0 Å². The number of alkyl halides is 2. The predicted molar refractivity (Wildman–Crippen MR) is 46.6 cm³/mol. The summed E-state index contributed by atoms with van der Waals surface area (Å²) in [6.45, 7) is 0. The lowest BCUT2D eigenvalue weighted by Crippen LogP contribution is -1.50. The van der Waals surface area contributed by atoms with Crippen molar-refractivity contribution >= 4 is 52.3 Å². The summed E-state index contributed by atoms with van der Waals surface area (Å²) in [6.07, 6.45) is 1.85. The molecule has 1 atom stereocenters. The highest BCUT2D eigenvalue weighted by atomic mass is 127. The first-order valence-corrected chi connectivity index (χ1v) is 6.55. The largest absolute Gasteiger partial charge is 0.271 e. The van der Waals surface area contributed by atoms with E-state index in [-0.39, 0.29) is 13.2 Å². The third-order valence-electron chi connectivity index (χ3n) is 0. The van der Waals surface area contributed by atoms with Gasteiger partial charge < -0.3 is 0 Å². The van der Waals surface area contributed by atoms with Gasteiger partial charge in [0.2, 0.25) is 0 Å². The summed E-state index contributed by atoms with van der Waals surface area (Å²) in [4.78, 5) is 0. The molecular formula is C2H6Cl2INS. The Hall–Kier alpha value is 1.46. The van der Waals surface area contributed by atoms with Gasteiger partial charge in [-0.05, 0) is 7.86 Å². The van der Waals surface area contributed by atoms with E-state index in [1.807, 2.05) is 27.5 Å². The van der Waals surface area contributed by atoms with Crippen molar-refractivity contribution in [3.63, 3.8) is 0 Å². The molecule has 1 unspecified atom stereocenters. The molecule has 0 aliphatic rings. The van der Waals surface area contributed by atoms with Crippen LogP contribution in [0.5, 0.6) is 0 Å². The fourth-order valence-corrected chi connectivity index (χ4v) is 0. The monoisotopic (exact) mass is 273 g/mol. The second-order valence-electron chi connectivity index (χ2n) is 0.537. The second-order valence-corrected chi connectivity index (χ2v) is 6.18. The van der Waals surface area contributed by atoms with E-state index in [4.69, 9.17) is 28.0 Å². The Kier molecular flexibility index (Phi) is 16.8. The molecule has 0 radical (unpaired) electrons. The minimum atomic E-state index is -0.141. The van der Waals surface area contributed by atoms with E-state index >= 15 is 0 Å². The number of hydrogen-bond donors (Lipinski definition) is 1. The first kappa shape index (κ1) is 11.3. The van der Waals surface area contributed by atoms with Gasteiger partial charge in [-0.2, -0.15) is 0 Å². The van der Waals surface area contributed by atoms with Crippen molar-refractivity contribution < 1.29 is 0 Å². The van der Waals surface area contributed by atoms with Gasteiger partial charge >= 0.3 is 0 Å². The summed E-state index contributed by atoms with van der Waals surface area (Å²) in [6, 6.07) is 0. The Morgan fingerprint density at radius 3 is 1.71 bits per heavy atom. The van der Waals surface area contributed by atoms with E-state index in [1.165, 1.54) is 0 Å². The molecule has 0 spiro atoms. The lowest BCUT2D eigenvalue weighted by atomic mass is 11.9. The Morgan fingerprint density at radius 1 is 1.71 bits per heavy atom. The molecule has 0 bridgehead atoms. The Balaban J connectivity index is 0. The summed E-state index contributed by atoms with van der Waals surface area (Å²) in [7, 11) is -0.141. The molecule has 0 aromatic heterocycles. The van der Waals surface area contributed by atoms with Gasteiger partial charge in [-0.1, -0.05) is 0 Å². The molecule has 0 saturated heterocycles. The van der Waals surface area contributed by atoms with Gasteiger partial charge in [0.25, 0.3) is 0 Å². The van der Waals surface area contributed by atoms with E-state index in [0.29, 0.717) is 0 Å². The van der Waals surface area contributed by atoms with Gasteiger partial charge in [0.05, 0.1) is 5.34 Å². The van der Waals surface area contributed by atoms with E-state index in [1.54, 1.807) is 0 Å². The van der Waals surface area contributed by atoms with Crippen molar-refractivity contribution in [2.24, 2.45) is 0 Å². The normalized spacial score (nSPS) is 11.4. The third-order valence-corrected chi connectivity index (χ3v) is 0. The average Bonchev–Trinajstić information content (AvgIpc) is 1.33. The number of nitrogens with one attached hydrogen (secondary N) is 1. The van der Waals surface area contributed by atoms with Crippen molar-refractivity contribution in [1.82, 2.24) is 0 Å². The second kappa shape index (κ2) is 10.4. The van der Waals surface area contributed by atoms with Crippen LogP contribution < -0.4 is 0 Å². The number of hydrogen-bond acceptors (Lipinski definition) is 1. The zero-order valence-corrected chi connectivity index (χ0v) is 8.24. The zero-order valence-electron chi connectivity index (χ0n) is 3.75. The van der Waals surface area contributed by atoms with Crippen LogP contribution in [-0.4, -0.2) is 11.6 Å². The standard InChI is InChI=1S/CH2Cl2.CH4INS/c2-1-3;1-4(2)3/h1H2;3H,1H3. The van der Waals surface area contributed by atoms with Crippen LogP contribution >= 0.6 is 44.4 Å². The summed E-state index contributed by atoms with van der Waals surface area (Å²) < 4.78 is 6.60. The van der Waals surface area contributed by atoms with E-state index in [9.17, 15) is 0 Å². The fraction of sp³-hybridized carbons (Fsp3) is 1.00. The molecule has 5 heteroatoms. The maximum Gasteiger partial charge on any atom is 0.0967 e. The van der Waals surface area contributed by atoms with Crippen LogP contribution in [-0.2, 0) is 7.86 Å². The van der Waals surface area contributed by atoms with Gasteiger partial charge in [0.1, 0.15) is 0 Å². The first-order valence-electron chi connectivity index (χ1n) is 1.30. The predicted octanol–water partition coefficient (Wildman–Crippen LogP) is 2.77. The van der Waals surface area contributed by atoms with Crippen molar-refractivity contribution in [3.05, 3.63) is 0 Å². The van der Waals surface area contributed by atoms with Gasteiger partial charge in [-0.15, -0.1) is 23.2 Å². The number of rotatable bonds is 0. The molecule has 0 heterocycles. The molecule has 0 aliphatic carbocycles. The zero-order chi connectivity index (χ0) is 6.28. The highest BCUT2D eigenvalue weighted by Gasteiger charge is 1.54. The van der Waals surface area contributed by atoms with Gasteiger partial charge in [0.15, 0.2) is 0 Å². The molecular weight excluding hydrogens is 268 g/mol. The fourth-order valence-electron chi connectivity index (χ4n) is 0. The maximum atomic E-state index is 6.60. The molecule has 46 valence electrons. The maximum absolute atomic E-state index is 6.60. The van der Waals surface area contributed by atoms with Crippen LogP contribution in [0.15, 0.2) is 0 Å². The highest BCUT2D eigenvalue weighted by Crippen LogP contribution is 1.83. The smallest absolute Gasteiger partial charge is 0.0967 e. The molecule has 0 saturated carbocycles. The lowest BCUT2D eigenvalue weighted by molar-refractivity contribution is 1.65. The van der Waals surface area contributed by atoms with Crippen molar-refractivity contribution in [2.75, 3.05) is 11.6 Å². The molecule has 0 aromatic rings. The van der Waals surface area contributed by atoms with E-state index in [0.717, 1.165) is 0 Å². The van der Waals surface area contributed by atoms with Crippen LogP contribution in [0.2, 0.25) is 0 Å². The molecule has 1 N–H and O–H groups in total. The van der Waals surface area contributed by atoms with Gasteiger partial charge in [0, 0.05) is 27.5 Å². The molecule has 0 rings (SSSR count). The van der Waals surface area contributed by atoms with Crippen molar-refractivity contribution in [3.8, 4) is 0 Å². The summed E-state index contributed by atoms with van der Waals surface area (Å²) in [5, 5.41) is 0.194. The lowest BCUT2D eigenvalue weighted by Gasteiger charge is -1.63. The Morgan fingerprint density at radius 2 is 1.71 bits per heavy atom. The number of halogens is 3. The Labute approximate surface area is 68.2 Å². The first-order chi connectivity index (χ1) is 3.15. The van der Waals surface area contributed by atoms with Crippen LogP contribution in [0, 0.1) is 4.78 Å². The van der Waals surface area contributed by atoms with Gasteiger partial charge in [-0.3, -0.25) is 4.78 Å². The quantitative estimate of drug-likeness (QED) is 0.518. The molecule has 1 nitrogen and oxygen atoms in total. The van der Waals surface area contributed by atoms with Crippen LogP contribution in [0.4, 0.5) is 0 Å². The average molecular weight is 274 g/mol. The van der Waals surface area contributed by atoms with Crippen LogP contribution in [0.3, 0.4) is 0 Å². The molecule has 0 aliphatic heterocycles. The van der Waals surface area contributed by atoms with E-state index < -0.39 is 0 Å². The highest BCUT2D eigenvalue weighted by molar-refractivity contribution is 14.2. The Bertz CT molecular complexity index is 47.0. The topological polar surface area (TPSA) is 23.9 Å². The summed E-state index contributed by atoms with van der Waals surface area (Å²) in [5.74, 6) is 0. The van der Waals surface area contributed by atoms with Crippen molar-refractivity contribution in [2.45, 2.75) is 0 Å².